The van der Waals surface area contributed by atoms with Gasteiger partial charge in [0.25, 0.3) is 5.91 Å². The molecule has 1 amide bonds. The highest BCUT2D eigenvalue weighted by Gasteiger charge is 2.10. The first kappa shape index (κ1) is 30.0. The predicted molar refractivity (Wildman–Crippen MR) is 148 cm³/mol. The number of hydrogen-bond donors (Lipinski definition) is 1. The van der Waals surface area contributed by atoms with Gasteiger partial charge in [-0.3, -0.25) is 4.79 Å². The van der Waals surface area contributed by atoms with Crippen molar-refractivity contribution >= 4 is 17.5 Å². The number of aromatic nitrogens is 1. The molecule has 0 unspecified atom stereocenters. The Kier molecular flexibility index (Phi) is 15.7. The lowest BCUT2D eigenvalue weighted by molar-refractivity contribution is -0.704. The zero-order chi connectivity index (χ0) is 25.8. The molecule has 6 heteroatoms. The predicted octanol–water partition coefficient (Wildman–Crippen LogP) is 7.07. The summed E-state index contributed by atoms with van der Waals surface area (Å²) in [6.07, 6.45) is 16.9. The van der Waals surface area contributed by atoms with Crippen molar-refractivity contribution in [1.29, 1.82) is 0 Å². The molecule has 36 heavy (non-hydrogen) atoms. The van der Waals surface area contributed by atoms with Gasteiger partial charge in [0.2, 0.25) is 0 Å². The summed E-state index contributed by atoms with van der Waals surface area (Å²) in [5.74, 6) is 1.07. The number of ether oxygens (including phenoxy) is 2. The Hall–Kier alpha value is -2.27. The fourth-order valence-electron chi connectivity index (χ4n) is 4.19. The summed E-state index contributed by atoms with van der Waals surface area (Å²) < 4.78 is 13.7. The lowest BCUT2D eigenvalue weighted by Gasteiger charge is -2.11. The monoisotopic (exact) mass is 517 g/mol. The summed E-state index contributed by atoms with van der Waals surface area (Å²) in [5.41, 5.74) is 1.21. The normalized spacial score (nSPS) is 10.9. The lowest BCUT2D eigenvalue weighted by Crippen LogP contribution is -2.40. The molecule has 0 radical (unpaired) electrons. The van der Waals surface area contributed by atoms with Gasteiger partial charge in [-0.1, -0.05) is 89.3 Å². The van der Waals surface area contributed by atoms with Gasteiger partial charge < -0.3 is 14.8 Å². The van der Waals surface area contributed by atoms with E-state index in [0.717, 1.165) is 25.8 Å². The number of aryl methyl sites for hydroxylation is 1. The summed E-state index contributed by atoms with van der Waals surface area (Å²) in [7, 11) is 0. The van der Waals surface area contributed by atoms with E-state index in [1.807, 2.05) is 18.2 Å². The molecule has 1 N–H and O–H groups in total. The molecule has 0 atom stereocenters. The van der Waals surface area contributed by atoms with Gasteiger partial charge in [-0.15, -0.1) is 0 Å². The summed E-state index contributed by atoms with van der Waals surface area (Å²) in [6.45, 7) is 6.59. The molecule has 0 fully saturated rings. The van der Waals surface area contributed by atoms with E-state index in [1.54, 1.807) is 12.1 Å². The Morgan fingerprint density at radius 1 is 0.889 bits per heavy atom. The van der Waals surface area contributed by atoms with Crippen molar-refractivity contribution in [3.8, 4) is 11.5 Å². The van der Waals surface area contributed by atoms with Crippen molar-refractivity contribution in [3.05, 3.63) is 53.3 Å². The lowest BCUT2D eigenvalue weighted by atomic mass is 10.1. The van der Waals surface area contributed by atoms with Gasteiger partial charge >= 0.3 is 0 Å². The number of carbonyl (C=O) groups is 1. The van der Waals surface area contributed by atoms with Crippen LogP contribution in [0.2, 0.25) is 5.02 Å². The first-order valence-electron chi connectivity index (χ1n) is 13.9. The molecule has 0 saturated heterocycles. The van der Waals surface area contributed by atoms with Gasteiger partial charge in [0.1, 0.15) is 18.0 Å². The number of rotatable bonds is 20. The van der Waals surface area contributed by atoms with Crippen LogP contribution in [-0.4, -0.2) is 25.7 Å². The third-order valence-electron chi connectivity index (χ3n) is 6.23. The van der Waals surface area contributed by atoms with E-state index in [-0.39, 0.29) is 12.5 Å². The fourth-order valence-corrected chi connectivity index (χ4v) is 4.41. The van der Waals surface area contributed by atoms with Crippen molar-refractivity contribution in [1.82, 2.24) is 5.32 Å². The minimum Gasteiger partial charge on any atom is -0.492 e. The summed E-state index contributed by atoms with van der Waals surface area (Å²) >= 11 is 6.36. The van der Waals surface area contributed by atoms with Crippen LogP contribution in [0.3, 0.4) is 0 Å². The van der Waals surface area contributed by atoms with Crippen LogP contribution in [0, 0.1) is 0 Å². The molecule has 1 heterocycles. The van der Waals surface area contributed by atoms with Gasteiger partial charge in [0.15, 0.2) is 18.5 Å². The van der Waals surface area contributed by atoms with E-state index in [0.29, 0.717) is 29.7 Å². The Balaban J connectivity index is 1.57. The maximum Gasteiger partial charge on any atom is 0.257 e. The van der Waals surface area contributed by atoms with E-state index in [4.69, 9.17) is 21.1 Å². The van der Waals surface area contributed by atoms with Crippen LogP contribution < -0.4 is 19.4 Å². The fraction of sp³-hybridized carbons (Fsp3) is 0.600. The topological polar surface area (TPSA) is 51.4 Å². The molecule has 0 aliphatic heterocycles. The molecular weight excluding hydrogens is 472 g/mol. The molecule has 200 valence electrons. The quantitative estimate of drug-likeness (QED) is 0.151. The van der Waals surface area contributed by atoms with E-state index >= 15 is 0 Å². The number of unbranched alkanes of at least 4 members (excludes halogenated alkanes) is 9. The Bertz CT molecular complexity index is 875. The van der Waals surface area contributed by atoms with Crippen molar-refractivity contribution in [2.24, 2.45) is 0 Å². The number of nitrogens with one attached hydrogen (secondary N) is 1. The molecule has 0 aliphatic carbocycles. The number of hydrogen-bond acceptors (Lipinski definition) is 3. The number of amides is 1. The van der Waals surface area contributed by atoms with Crippen molar-refractivity contribution in [2.45, 2.75) is 97.4 Å². The second kappa shape index (κ2) is 18.9. The zero-order valence-electron chi connectivity index (χ0n) is 22.4. The molecule has 0 bridgehead atoms. The van der Waals surface area contributed by atoms with E-state index in [9.17, 15) is 4.79 Å². The molecule has 0 saturated carbocycles. The Morgan fingerprint density at radius 3 is 2.31 bits per heavy atom. The van der Waals surface area contributed by atoms with Crippen LogP contribution >= 0.6 is 11.6 Å². The smallest absolute Gasteiger partial charge is 0.257 e. The minimum absolute atomic E-state index is 0.0428. The van der Waals surface area contributed by atoms with Gasteiger partial charge in [-0.25, -0.2) is 4.57 Å². The van der Waals surface area contributed by atoms with Gasteiger partial charge in [-0.2, -0.15) is 0 Å². The Morgan fingerprint density at radius 2 is 1.61 bits per heavy atom. The number of benzene rings is 1. The maximum absolute atomic E-state index is 12.2. The third-order valence-corrected chi connectivity index (χ3v) is 6.53. The van der Waals surface area contributed by atoms with Crippen LogP contribution in [0.5, 0.6) is 11.5 Å². The van der Waals surface area contributed by atoms with E-state index < -0.39 is 0 Å². The van der Waals surface area contributed by atoms with Crippen LogP contribution in [0.15, 0.2) is 42.6 Å². The second-order valence-corrected chi connectivity index (χ2v) is 9.80. The second-order valence-electron chi connectivity index (χ2n) is 9.40. The number of halogens is 1. The first-order valence-corrected chi connectivity index (χ1v) is 14.3. The molecule has 0 spiro atoms. The minimum atomic E-state index is -0.148. The van der Waals surface area contributed by atoms with Gasteiger partial charge in [0.05, 0.1) is 11.6 Å². The number of carbonyl (C=O) groups excluding carboxylic acids is 1. The van der Waals surface area contributed by atoms with Crippen molar-refractivity contribution in [3.63, 3.8) is 0 Å². The molecule has 5 nitrogen and oxygen atoms in total. The Labute approximate surface area is 223 Å². The third kappa shape index (κ3) is 12.6. The van der Waals surface area contributed by atoms with Crippen LogP contribution in [0.4, 0.5) is 0 Å². The van der Waals surface area contributed by atoms with Crippen molar-refractivity contribution < 1.29 is 18.8 Å². The van der Waals surface area contributed by atoms with Crippen LogP contribution in [-0.2, 0) is 17.8 Å². The summed E-state index contributed by atoms with van der Waals surface area (Å²) in [4.78, 5) is 12.2. The van der Waals surface area contributed by atoms with E-state index in [1.165, 1.54) is 63.5 Å². The number of pyridine rings is 1. The zero-order valence-corrected chi connectivity index (χ0v) is 23.2. The maximum atomic E-state index is 12.2. The number of nitrogens with zero attached hydrogens (tertiary/aromatic N) is 1. The van der Waals surface area contributed by atoms with Crippen LogP contribution in [0.1, 0.15) is 90.2 Å². The highest BCUT2D eigenvalue weighted by molar-refractivity contribution is 6.32. The first-order chi connectivity index (χ1) is 17.6. The van der Waals surface area contributed by atoms with E-state index in [2.05, 4.69) is 36.0 Å². The highest BCUT2D eigenvalue weighted by atomic mass is 35.5. The summed E-state index contributed by atoms with van der Waals surface area (Å²) in [6, 6.07) is 11.5. The van der Waals surface area contributed by atoms with Gasteiger partial charge in [0, 0.05) is 37.6 Å². The summed E-state index contributed by atoms with van der Waals surface area (Å²) in [5, 5.41) is 3.43. The average molecular weight is 518 g/mol. The molecule has 2 aromatic rings. The van der Waals surface area contributed by atoms with Crippen LogP contribution in [0.25, 0.3) is 0 Å². The average Bonchev–Trinajstić information content (AvgIpc) is 2.88. The standard InChI is InChI=1S/C30H45ClN2O3/c1-3-5-6-7-8-9-10-11-12-15-23-35-29-18-17-27(24-28(29)31)36-25-30(34)32-20-19-26-16-13-14-22-33(26)21-4-2/h13-14,16-18,22,24H,3-12,15,19-21,23,25H2,1-2H3/p+1. The molecular formula is C30H46ClN2O3+. The van der Waals surface area contributed by atoms with Gasteiger partial charge in [-0.05, 0) is 18.6 Å². The highest BCUT2D eigenvalue weighted by Crippen LogP contribution is 2.29. The van der Waals surface area contributed by atoms with Crippen molar-refractivity contribution in [2.75, 3.05) is 19.8 Å². The molecule has 1 aromatic heterocycles. The molecule has 2 rings (SSSR count). The molecule has 0 aliphatic rings. The largest absolute Gasteiger partial charge is 0.492 e. The molecule has 1 aromatic carbocycles. The SMILES string of the molecule is CCCCCCCCCCCCOc1ccc(OCC(=O)NCCc2cccc[n+]2CCC)cc1Cl.